The number of nitrogens with one attached hydrogen (secondary N) is 4. The number of nitrogens with two attached hydrogens (primary N) is 1. The summed E-state index contributed by atoms with van der Waals surface area (Å²) in [6, 6.07) is -9.94. The van der Waals surface area contributed by atoms with Crippen molar-refractivity contribution in [3.05, 3.63) is 38.5 Å². The molecule has 1 aromatic carbocycles. The lowest BCUT2D eigenvalue weighted by Crippen LogP contribution is -2.61. The smallest absolute Gasteiger partial charge is 0.329 e. The average Bonchev–Trinajstić information content (AvgIpc) is 1.35. The van der Waals surface area contributed by atoms with Crippen molar-refractivity contribution in [3.63, 3.8) is 0 Å². The molecule has 0 spiro atoms. The number of aromatic nitrogens is 1. The molecule has 5 aliphatic heterocycles. The van der Waals surface area contributed by atoms with Crippen LogP contribution in [-0.2, 0) is 62.2 Å². The van der Waals surface area contributed by atoms with Crippen molar-refractivity contribution in [1.29, 1.82) is 0 Å². The Morgan fingerprint density at radius 3 is 1.46 bits per heavy atom. The van der Waals surface area contributed by atoms with Crippen molar-refractivity contribution in [1.82, 2.24) is 55.7 Å². The fourth-order valence-corrected chi connectivity index (χ4v) is 17.0. The largest absolute Gasteiger partial charge is 0.458 e. The lowest BCUT2D eigenvalue weighted by Gasteiger charge is -2.55. The molecule has 0 unspecified atom stereocenters. The lowest BCUT2D eigenvalue weighted by molar-refractivity contribution is -0.163. The number of carbonyl (C=O) groups excluding carboxylic acids is 13. The fraction of sp³-hybridized carbons (Fsp3) is 0.658. The van der Waals surface area contributed by atoms with Crippen molar-refractivity contribution in [2.24, 2.45) is 46.8 Å². The van der Waals surface area contributed by atoms with Gasteiger partial charge in [-0.05, 0) is 139 Å². The van der Waals surface area contributed by atoms with Gasteiger partial charge in [0.2, 0.25) is 52.7 Å². The molecule has 5 aliphatic carbocycles. The molecule has 1 aromatic rings. The Kier molecular flexibility index (Phi) is 22.1. The van der Waals surface area contributed by atoms with Gasteiger partial charge in [-0.3, -0.25) is 57.5 Å². The second kappa shape index (κ2) is 29.8. The molecule has 10 aliphatic rings. The van der Waals surface area contributed by atoms with E-state index in [1.54, 1.807) is 55.4 Å². The minimum atomic E-state index is -1.94. The molecule has 103 heavy (non-hydrogen) atoms. The lowest BCUT2D eigenvalue weighted by atomic mass is 9.49. The van der Waals surface area contributed by atoms with Crippen LogP contribution in [0.2, 0.25) is 0 Å². The standard InChI is InChI=1S/C73H100N12O18/c1-32(2)51-68(95)84-21-17-19-44(84)66(93)80(13)30-47(86)82(15)57(34(5)6)70(97)100-38(11)53(64(91)76-51)78-62(89)43-26-46(102-72(99)73-27-40-23-41(28-73)25-42(24-40)29-73)36(9)60-55(43)75-56-49(50(74)59(88)37(10)61(56)103-60)63(90)79-54-39(12)101-71(98)58(35(7)8)83(16)48(87)31-81(14)67(94)45-20-18-22-85(45)69(96)52(33(3)4)77-65(54)92/h26,32-35,38-42,44-45,51-54,57-58H,17-25,27-31,74H2,1-16H3,(H,76,91)(H,77,92)(H,78,89)(H,79,90)/t38-,39+,40?,41?,42?,44-,45+,51-,52+,53+,54-,57+,58-,73?/m1/s1. The summed E-state index contributed by atoms with van der Waals surface area (Å²) < 4.78 is 25.2. The van der Waals surface area contributed by atoms with Gasteiger partial charge in [0.05, 0.1) is 35.3 Å². The number of benzene rings is 2. The van der Waals surface area contributed by atoms with Gasteiger partial charge in [0.25, 0.3) is 11.8 Å². The monoisotopic (exact) mass is 1430 g/mol. The van der Waals surface area contributed by atoms with Crippen LogP contribution in [0.1, 0.15) is 165 Å². The van der Waals surface area contributed by atoms with Crippen LogP contribution in [0.25, 0.3) is 22.6 Å². The SMILES string of the molecule is Cc1c2oc3c(C)c(OC(=O)C45CC6CC(CC(C6)C4)C5)cc(C(=O)N[C@@H]4C(=O)N[C@H](C(C)C)C(=O)N5CCC[C@@H]5C(=O)N(C)CC(=O)N(C)[C@@H](C(C)C)C(=O)O[C@@H]4C)c3nc-2c(C(=O)N[C@H]2C(=O)N[C@@H](C(C)C)C(=O)N3CCC[C@H]3C(=O)N(C)CC(=O)N(C)[C@H](C(C)C)C(=O)O[C@H]2C)c(N)c1=O. The predicted molar refractivity (Wildman–Crippen MR) is 372 cm³/mol. The van der Waals surface area contributed by atoms with Crippen LogP contribution in [0.5, 0.6) is 5.75 Å². The number of anilines is 1. The highest BCUT2D eigenvalue weighted by Gasteiger charge is 2.56. The second-order valence-corrected chi connectivity index (χ2v) is 31.2. The summed E-state index contributed by atoms with van der Waals surface area (Å²) in [5, 5.41) is 10.8. The van der Waals surface area contributed by atoms with Gasteiger partial charge in [0, 0.05) is 52.4 Å². The second-order valence-electron chi connectivity index (χ2n) is 31.2. The van der Waals surface area contributed by atoms with Gasteiger partial charge in [-0.15, -0.1) is 0 Å². The zero-order chi connectivity index (χ0) is 75.6. The molecule has 30 heteroatoms. The zero-order valence-corrected chi connectivity index (χ0v) is 61.8. The van der Waals surface area contributed by atoms with E-state index in [0.717, 1.165) is 29.1 Å². The molecule has 4 saturated heterocycles. The molecular weight excluding hydrogens is 1330 g/mol. The molecular formula is C73H100N12O18. The first-order chi connectivity index (χ1) is 48.4. The summed E-state index contributed by atoms with van der Waals surface area (Å²) in [4.78, 5) is 218. The third kappa shape index (κ3) is 14.7. The predicted octanol–water partition coefficient (Wildman–Crippen LogP) is 2.85. The van der Waals surface area contributed by atoms with Crippen molar-refractivity contribution in [2.75, 3.05) is 60.1 Å². The number of rotatable bonds is 10. The number of nitrogens with zero attached hydrogens (tertiary/aromatic N) is 7. The van der Waals surface area contributed by atoms with Crippen molar-refractivity contribution in [3.8, 4) is 17.2 Å². The van der Waals surface area contributed by atoms with Crippen LogP contribution < -0.4 is 37.2 Å². The first kappa shape index (κ1) is 76.4. The molecule has 4 saturated carbocycles. The number of ether oxygens (including phenoxy) is 3. The molecule has 0 radical (unpaired) electrons. The number of esters is 3. The maximum Gasteiger partial charge on any atom is 0.329 e. The van der Waals surface area contributed by atoms with Crippen molar-refractivity contribution in [2.45, 2.75) is 208 Å². The molecule has 10 atom stereocenters. The molecule has 6 N–H and O–H groups in total. The number of hydrogen-bond acceptors (Lipinski definition) is 20. The molecule has 5 heterocycles. The quantitative estimate of drug-likeness (QED) is 0.0843. The van der Waals surface area contributed by atoms with E-state index < -0.39 is 208 Å². The van der Waals surface area contributed by atoms with Crippen LogP contribution >= 0.6 is 0 Å². The van der Waals surface area contributed by atoms with Crippen molar-refractivity contribution < 1.29 is 81.0 Å². The number of fused-ring (bicyclic) bond motifs is 4. The zero-order valence-electron chi connectivity index (χ0n) is 61.8. The Balaban J connectivity index is 1.10. The van der Waals surface area contributed by atoms with Crippen LogP contribution in [0, 0.1) is 60.7 Å². The molecule has 0 aromatic heterocycles. The minimum Gasteiger partial charge on any atom is -0.458 e. The van der Waals surface area contributed by atoms with E-state index in [0.29, 0.717) is 49.9 Å². The highest BCUT2D eigenvalue weighted by molar-refractivity contribution is 6.11. The molecule has 560 valence electrons. The Hall–Kier alpha value is -9.25. The summed E-state index contributed by atoms with van der Waals surface area (Å²) in [7, 11) is 5.57. The third-order valence-corrected chi connectivity index (χ3v) is 22.3. The highest BCUT2D eigenvalue weighted by atomic mass is 16.6. The average molecular weight is 1430 g/mol. The van der Waals surface area contributed by atoms with Crippen LogP contribution in [0.15, 0.2) is 15.3 Å². The van der Waals surface area contributed by atoms with Crippen LogP contribution in [-0.4, -0.2) is 226 Å². The maximum absolute atomic E-state index is 15.9. The Morgan fingerprint density at radius 1 is 0.612 bits per heavy atom. The van der Waals surface area contributed by atoms with Gasteiger partial charge >= 0.3 is 17.9 Å². The number of aryl methyl sites for hydroxylation is 1. The van der Waals surface area contributed by atoms with E-state index >= 15 is 19.2 Å². The summed E-state index contributed by atoms with van der Waals surface area (Å²) in [5.41, 5.74) is 1.79. The fourth-order valence-electron chi connectivity index (χ4n) is 17.0. The van der Waals surface area contributed by atoms with Crippen molar-refractivity contribution >= 4 is 93.8 Å². The molecule has 8 fully saturated rings. The highest BCUT2D eigenvalue weighted by Crippen LogP contribution is 2.60. The first-order valence-electron chi connectivity index (χ1n) is 36.0. The van der Waals surface area contributed by atoms with Gasteiger partial charge in [-0.1, -0.05) is 55.4 Å². The minimum absolute atomic E-state index is 0.0938. The van der Waals surface area contributed by atoms with E-state index in [1.165, 1.54) is 81.6 Å². The molecule has 11 rings (SSSR count). The number of amides is 10. The van der Waals surface area contributed by atoms with Gasteiger partial charge < -0.3 is 75.0 Å². The number of hydrogen-bond donors (Lipinski definition) is 5. The van der Waals surface area contributed by atoms with Gasteiger partial charge in [-0.2, -0.15) is 0 Å². The number of carbonyl (C=O) groups is 13. The molecule has 30 nitrogen and oxygen atoms in total. The van der Waals surface area contributed by atoms with Gasteiger partial charge in [0.1, 0.15) is 77.5 Å². The maximum atomic E-state index is 15.9. The summed E-state index contributed by atoms with van der Waals surface area (Å²) >= 11 is 0. The summed E-state index contributed by atoms with van der Waals surface area (Å²) in [5.74, 6) is -12.9. The van der Waals surface area contributed by atoms with Gasteiger partial charge in [0.15, 0.2) is 11.3 Å². The third-order valence-electron chi connectivity index (χ3n) is 22.3. The molecule has 10 amide bonds. The Morgan fingerprint density at radius 2 is 1.04 bits per heavy atom. The van der Waals surface area contributed by atoms with Gasteiger partial charge in [-0.25, -0.2) is 14.6 Å². The summed E-state index contributed by atoms with van der Waals surface area (Å²) in [6.45, 7) is 18.1. The normalized spacial score (nSPS) is 29.7. The van der Waals surface area contributed by atoms with E-state index in [1.807, 2.05) is 0 Å². The van der Waals surface area contributed by atoms with Crippen LogP contribution in [0.4, 0.5) is 5.69 Å². The summed E-state index contributed by atoms with van der Waals surface area (Å²) in [6.07, 6.45) is 2.86. The number of cyclic esters (lactones) is 2. The van der Waals surface area contributed by atoms with E-state index in [9.17, 15) is 47.9 Å². The van der Waals surface area contributed by atoms with E-state index in [4.69, 9.17) is 29.3 Å². The first-order valence-corrected chi connectivity index (χ1v) is 36.0. The molecule has 4 bridgehead atoms. The number of nitrogen functional groups attached to an aromatic ring is 1. The Bertz CT molecular complexity index is 3960. The topological polar surface area (TPSA) is 386 Å². The van der Waals surface area contributed by atoms with E-state index in [-0.39, 0.29) is 59.7 Å². The van der Waals surface area contributed by atoms with Crippen LogP contribution in [0.3, 0.4) is 0 Å². The Labute approximate surface area is 598 Å². The number of likely N-dealkylation sites (N-methyl/N-ethyl adjacent to an activating group) is 4. The van der Waals surface area contributed by atoms with E-state index in [2.05, 4.69) is 21.3 Å².